The molecule has 0 unspecified atom stereocenters. The minimum atomic E-state index is -0.296. The Balaban J connectivity index is 1.87. The number of ether oxygens (including phenoxy) is 1. The average Bonchev–Trinajstić information content (AvgIpc) is 2.60. The van der Waals surface area contributed by atoms with Gasteiger partial charge in [-0.1, -0.05) is 42.5 Å². The van der Waals surface area contributed by atoms with Crippen molar-refractivity contribution in [2.45, 2.75) is 19.9 Å². The Morgan fingerprint density at radius 2 is 1.79 bits per heavy atom. The van der Waals surface area contributed by atoms with Crippen LogP contribution < -0.4 is 5.32 Å². The Labute approximate surface area is 143 Å². The molecular formula is C20H24N2O2. The quantitative estimate of drug-likeness (QED) is 0.938. The summed E-state index contributed by atoms with van der Waals surface area (Å²) in [5.74, 6) is 0.0109. The summed E-state index contributed by atoms with van der Waals surface area (Å²) in [6.45, 7) is 6.91. The van der Waals surface area contributed by atoms with Crippen LogP contribution in [0, 0.1) is 13.8 Å². The van der Waals surface area contributed by atoms with Gasteiger partial charge >= 0.3 is 0 Å². The van der Waals surface area contributed by atoms with Crippen LogP contribution in [0.1, 0.15) is 22.7 Å². The summed E-state index contributed by atoms with van der Waals surface area (Å²) in [5.41, 5.74) is 4.11. The smallest absolute Gasteiger partial charge is 0.246 e. The first kappa shape index (κ1) is 16.7. The van der Waals surface area contributed by atoms with Gasteiger partial charge in [-0.05, 0) is 36.6 Å². The van der Waals surface area contributed by atoms with Gasteiger partial charge in [0.25, 0.3) is 0 Å². The van der Waals surface area contributed by atoms with Gasteiger partial charge in [-0.3, -0.25) is 9.69 Å². The van der Waals surface area contributed by atoms with Crippen molar-refractivity contribution in [3.8, 4) is 0 Å². The Kier molecular flexibility index (Phi) is 5.28. The minimum Gasteiger partial charge on any atom is -0.379 e. The summed E-state index contributed by atoms with van der Waals surface area (Å²) in [4.78, 5) is 15.3. The molecule has 0 radical (unpaired) electrons. The molecular weight excluding hydrogens is 300 g/mol. The maximum Gasteiger partial charge on any atom is 0.246 e. The van der Waals surface area contributed by atoms with E-state index in [0.29, 0.717) is 13.2 Å². The van der Waals surface area contributed by atoms with Crippen LogP contribution in [0.3, 0.4) is 0 Å². The SMILES string of the molecule is Cc1ccc(C)c(NC(=O)[C@@H](c2ccccc2)N2CCOCC2)c1. The van der Waals surface area contributed by atoms with Crippen molar-refractivity contribution in [2.24, 2.45) is 0 Å². The van der Waals surface area contributed by atoms with Crippen molar-refractivity contribution in [3.63, 3.8) is 0 Å². The molecule has 1 atom stereocenters. The third kappa shape index (κ3) is 3.83. The Bertz CT molecular complexity index is 694. The molecule has 126 valence electrons. The Hall–Kier alpha value is -2.17. The first-order chi connectivity index (χ1) is 11.6. The fraction of sp³-hybridized carbons (Fsp3) is 0.350. The third-order valence-electron chi connectivity index (χ3n) is 4.43. The number of benzene rings is 2. The third-order valence-corrected chi connectivity index (χ3v) is 4.43. The minimum absolute atomic E-state index is 0.0109. The monoisotopic (exact) mass is 324 g/mol. The van der Waals surface area contributed by atoms with Crippen molar-refractivity contribution in [1.29, 1.82) is 0 Å². The van der Waals surface area contributed by atoms with Crippen LogP contribution in [0.4, 0.5) is 5.69 Å². The van der Waals surface area contributed by atoms with Crippen molar-refractivity contribution in [3.05, 3.63) is 65.2 Å². The Morgan fingerprint density at radius 3 is 2.50 bits per heavy atom. The molecule has 2 aromatic rings. The van der Waals surface area contributed by atoms with E-state index < -0.39 is 0 Å². The summed E-state index contributed by atoms with van der Waals surface area (Å²) in [6, 6.07) is 15.8. The summed E-state index contributed by atoms with van der Waals surface area (Å²) < 4.78 is 5.45. The van der Waals surface area contributed by atoms with E-state index in [0.717, 1.165) is 35.5 Å². The molecule has 3 rings (SSSR count). The number of carbonyl (C=O) groups excluding carboxylic acids is 1. The lowest BCUT2D eigenvalue weighted by molar-refractivity contribution is -0.123. The molecule has 1 N–H and O–H groups in total. The second kappa shape index (κ2) is 7.60. The number of aryl methyl sites for hydroxylation is 2. The number of nitrogens with zero attached hydrogens (tertiary/aromatic N) is 1. The van der Waals surface area contributed by atoms with Crippen LogP contribution in [0.5, 0.6) is 0 Å². The molecule has 1 fully saturated rings. The van der Waals surface area contributed by atoms with E-state index in [1.54, 1.807) is 0 Å². The molecule has 4 nitrogen and oxygen atoms in total. The molecule has 1 saturated heterocycles. The van der Waals surface area contributed by atoms with Crippen molar-refractivity contribution < 1.29 is 9.53 Å². The first-order valence-electron chi connectivity index (χ1n) is 8.40. The number of hydrogen-bond acceptors (Lipinski definition) is 3. The fourth-order valence-corrected chi connectivity index (χ4v) is 3.07. The molecule has 0 saturated carbocycles. The van der Waals surface area contributed by atoms with Crippen LogP contribution in [-0.4, -0.2) is 37.1 Å². The fourth-order valence-electron chi connectivity index (χ4n) is 3.07. The van der Waals surface area contributed by atoms with E-state index in [-0.39, 0.29) is 11.9 Å². The summed E-state index contributed by atoms with van der Waals surface area (Å²) >= 11 is 0. The molecule has 4 heteroatoms. The number of morpholine rings is 1. The number of nitrogens with one attached hydrogen (secondary N) is 1. The van der Waals surface area contributed by atoms with Gasteiger partial charge in [0.2, 0.25) is 5.91 Å². The highest BCUT2D eigenvalue weighted by Crippen LogP contribution is 2.25. The van der Waals surface area contributed by atoms with E-state index >= 15 is 0 Å². The molecule has 2 aromatic carbocycles. The topological polar surface area (TPSA) is 41.6 Å². The highest BCUT2D eigenvalue weighted by molar-refractivity contribution is 5.96. The van der Waals surface area contributed by atoms with Crippen LogP contribution in [0.25, 0.3) is 0 Å². The zero-order valence-electron chi connectivity index (χ0n) is 14.3. The molecule has 1 aliphatic heterocycles. The van der Waals surface area contributed by atoms with E-state index in [1.165, 1.54) is 0 Å². The standard InChI is InChI=1S/C20H24N2O2/c1-15-8-9-16(2)18(14-15)21-20(23)19(17-6-4-3-5-7-17)22-10-12-24-13-11-22/h3-9,14,19H,10-13H2,1-2H3,(H,21,23)/t19-/m1/s1. The van der Waals surface area contributed by atoms with Crippen molar-refractivity contribution in [1.82, 2.24) is 4.90 Å². The van der Waals surface area contributed by atoms with Crippen molar-refractivity contribution >= 4 is 11.6 Å². The average molecular weight is 324 g/mol. The number of hydrogen-bond donors (Lipinski definition) is 1. The lowest BCUT2D eigenvalue weighted by atomic mass is 10.0. The van der Waals surface area contributed by atoms with Gasteiger partial charge in [0.1, 0.15) is 6.04 Å². The predicted molar refractivity (Wildman–Crippen MR) is 96.1 cm³/mol. The van der Waals surface area contributed by atoms with Crippen LogP contribution in [0.2, 0.25) is 0 Å². The molecule has 0 bridgehead atoms. The normalized spacial score (nSPS) is 16.6. The van der Waals surface area contributed by atoms with Crippen LogP contribution in [0.15, 0.2) is 48.5 Å². The number of amides is 1. The largest absolute Gasteiger partial charge is 0.379 e. The first-order valence-corrected chi connectivity index (χ1v) is 8.40. The predicted octanol–water partition coefficient (Wildman–Crippen LogP) is 3.32. The number of anilines is 1. The van der Waals surface area contributed by atoms with Gasteiger partial charge in [0, 0.05) is 18.8 Å². The lowest BCUT2D eigenvalue weighted by Crippen LogP contribution is -2.43. The molecule has 1 heterocycles. The highest BCUT2D eigenvalue weighted by atomic mass is 16.5. The maximum atomic E-state index is 13.1. The van der Waals surface area contributed by atoms with Gasteiger partial charge in [-0.15, -0.1) is 0 Å². The summed E-state index contributed by atoms with van der Waals surface area (Å²) in [7, 11) is 0. The molecule has 1 aliphatic rings. The van der Waals surface area contributed by atoms with Crippen LogP contribution in [-0.2, 0) is 9.53 Å². The van der Waals surface area contributed by atoms with E-state index in [4.69, 9.17) is 4.74 Å². The molecule has 0 spiro atoms. The van der Waals surface area contributed by atoms with E-state index in [2.05, 4.69) is 16.3 Å². The number of carbonyl (C=O) groups is 1. The van der Waals surface area contributed by atoms with Gasteiger partial charge in [0.05, 0.1) is 13.2 Å². The lowest BCUT2D eigenvalue weighted by Gasteiger charge is -2.34. The van der Waals surface area contributed by atoms with Gasteiger partial charge in [0.15, 0.2) is 0 Å². The van der Waals surface area contributed by atoms with Crippen molar-refractivity contribution in [2.75, 3.05) is 31.6 Å². The Morgan fingerprint density at radius 1 is 1.08 bits per heavy atom. The van der Waals surface area contributed by atoms with Crippen LogP contribution >= 0.6 is 0 Å². The van der Waals surface area contributed by atoms with Gasteiger partial charge in [-0.25, -0.2) is 0 Å². The van der Waals surface area contributed by atoms with Gasteiger partial charge in [-0.2, -0.15) is 0 Å². The molecule has 1 amide bonds. The molecule has 0 aromatic heterocycles. The highest BCUT2D eigenvalue weighted by Gasteiger charge is 2.29. The van der Waals surface area contributed by atoms with E-state index in [9.17, 15) is 4.79 Å². The zero-order chi connectivity index (χ0) is 16.9. The summed E-state index contributed by atoms with van der Waals surface area (Å²) in [6.07, 6.45) is 0. The maximum absolute atomic E-state index is 13.1. The zero-order valence-corrected chi connectivity index (χ0v) is 14.3. The summed E-state index contributed by atoms with van der Waals surface area (Å²) in [5, 5.41) is 3.13. The van der Waals surface area contributed by atoms with E-state index in [1.807, 2.05) is 56.3 Å². The second-order valence-electron chi connectivity index (χ2n) is 6.27. The molecule has 24 heavy (non-hydrogen) atoms. The molecule has 0 aliphatic carbocycles. The second-order valence-corrected chi connectivity index (χ2v) is 6.27. The number of rotatable bonds is 4. The van der Waals surface area contributed by atoms with Gasteiger partial charge < -0.3 is 10.1 Å².